The van der Waals surface area contributed by atoms with Crippen molar-refractivity contribution in [2.75, 3.05) is 47.1 Å². The topological polar surface area (TPSA) is 108 Å². The highest BCUT2D eigenvalue weighted by Gasteiger charge is 2.33. The van der Waals surface area contributed by atoms with Gasteiger partial charge >= 0.3 is 0 Å². The van der Waals surface area contributed by atoms with E-state index in [0.717, 1.165) is 31.6 Å². The molecule has 4 atom stereocenters. The van der Waals surface area contributed by atoms with Gasteiger partial charge in [-0.05, 0) is 49.1 Å². The molecule has 1 unspecified atom stereocenters. The lowest BCUT2D eigenvalue weighted by Crippen LogP contribution is -2.99. The minimum absolute atomic E-state index is 0.230. The van der Waals surface area contributed by atoms with Crippen LogP contribution in [0.4, 0.5) is 5.69 Å². The first-order chi connectivity index (χ1) is 16.8. The van der Waals surface area contributed by atoms with E-state index in [-0.39, 0.29) is 5.69 Å². The van der Waals surface area contributed by atoms with Crippen LogP contribution in [0.25, 0.3) is 11.5 Å². The standard InChI is InChI=1S/C26H40N4O5/c1-18(2)24-15-21(19(3)14-22(24)17-29(10-12-33-4)11-13-34-5)16-25-27-28-26(35-25)20-6-8-23(9-7-20)30(31)32/h6-9,14,18,21-22,24,30-31H,10-13,15-17H2,1-5H3/t21-,22-,24-/m0/s1. The SMILES string of the molecule is COCCN(CCOC)C[C@@H]1C=C(C)[C@H](Cc2nnc(-c3ccc([NH+]([O-])O)cc3)o2)C[C@H]1C(C)C. The van der Waals surface area contributed by atoms with E-state index < -0.39 is 5.23 Å². The van der Waals surface area contributed by atoms with Crippen LogP contribution in [0.15, 0.2) is 40.3 Å². The second kappa shape index (κ2) is 13.2. The second-order valence-electron chi connectivity index (χ2n) is 9.79. The fourth-order valence-corrected chi connectivity index (χ4v) is 4.94. The molecule has 0 radical (unpaired) electrons. The van der Waals surface area contributed by atoms with Crippen molar-refractivity contribution in [3.05, 3.63) is 47.0 Å². The van der Waals surface area contributed by atoms with Gasteiger partial charge < -0.3 is 19.1 Å². The minimum atomic E-state index is -0.958. The van der Waals surface area contributed by atoms with Gasteiger partial charge in [-0.3, -0.25) is 4.90 Å². The van der Waals surface area contributed by atoms with Gasteiger partial charge in [-0.2, -0.15) is 5.23 Å². The summed E-state index contributed by atoms with van der Waals surface area (Å²) in [5.74, 6) is 2.98. The lowest BCUT2D eigenvalue weighted by Gasteiger charge is -2.39. The van der Waals surface area contributed by atoms with E-state index in [1.807, 2.05) is 0 Å². The Kier molecular flexibility index (Phi) is 10.4. The van der Waals surface area contributed by atoms with Crippen molar-refractivity contribution < 1.29 is 24.3 Å². The highest BCUT2D eigenvalue weighted by molar-refractivity contribution is 5.55. The Morgan fingerprint density at radius 2 is 1.80 bits per heavy atom. The number of allylic oxidation sites excluding steroid dienone is 1. The van der Waals surface area contributed by atoms with Crippen molar-refractivity contribution >= 4 is 5.69 Å². The number of methoxy groups -OCH3 is 2. The van der Waals surface area contributed by atoms with Gasteiger partial charge in [-0.25, -0.2) is 5.21 Å². The summed E-state index contributed by atoms with van der Waals surface area (Å²) in [6.45, 7) is 11.1. The largest absolute Gasteiger partial charge is 0.595 e. The summed E-state index contributed by atoms with van der Waals surface area (Å²) in [6, 6.07) is 6.49. The molecule has 0 fully saturated rings. The number of nitrogens with zero attached hydrogens (tertiary/aromatic N) is 3. The number of nitrogens with one attached hydrogen (secondary N) is 1. The average molecular weight is 489 g/mol. The average Bonchev–Trinajstić information content (AvgIpc) is 3.30. The van der Waals surface area contributed by atoms with Crippen LogP contribution in [-0.2, 0) is 15.9 Å². The van der Waals surface area contributed by atoms with Crippen LogP contribution in [0.2, 0.25) is 0 Å². The first kappa shape index (κ1) is 27.4. The van der Waals surface area contributed by atoms with Crippen LogP contribution in [0, 0.1) is 28.9 Å². The maximum absolute atomic E-state index is 11.1. The molecule has 0 spiro atoms. The van der Waals surface area contributed by atoms with E-state index in [1.165, 1.54) is 5.57 Å². The molecule has 2 N–H and O–H groups in total. The molecule has 2 aromatic rings. The fourth-order valence-electron chi connectivity index (χ4n) is 4.94. The maximum atomic E-state index is 11.1. The van der Waals surface area contributed by atoms with E-state index in [9.17, 15) is 5.21 Å². The molecule has 194 valence electrons. The Labute approximate surface area is 208 Å². The first-order valence-corrected chi connectivity index (χ1v) is 12.4. The van der Waals surface area contributed by atoms with Crippen molar-refractivity contribution in [3.63, 3.8) is 0 Å². The lowest BCUT2D eigenvalue weighted by molar-refractivity contribution is -0.991. The highest BCUT2D eigenvalue weighted by Crippen LogP contribution is 2.39. The Morgan fingerprint density at radius 3 is 2.37 bits per heavy atom. The van der Waals surface area contributed by atoms with Gasteiger partial charge in [-0.1, -0.05) is 25.5 Å². The molecule has 1 aliphatic carbocycles. The number of aromatic nitrogens is 2. The normalized spacial score (nSPS) is 21.5. The van der Waals surface area contributed by atoms with Crippen molar-refractivity contribution in [3.8, 4) is 11.5 Å². The summed E-state index contributed by atoms with van der Waals surface area (Å²) < 4.78 is 16.6. The molecule has 1 aromatic carbocycles. The molecule has 35 heavy (non-hydrogen) atoms. The van der Waals surface area contributed by atoms with Gasteiger partial charge in [0.05, 0.1) is 13.2 Å². The predicted octanol–water partition coefficient (Wildman–Crippen LogP) is 3.13. The molecule has 0 saturated heterocycles. The predicted molar refractivity (Wildman–Crippen MR) is 133 cm³/mol. The van der Waals surface area contributed by atoms with Crippen LogP contribution < -0.4 is 5.23 Å². The van der Waals surface area contributed by atoms with Gasteiger partial charge in [0.15, 0.2) is 5.69 Å². The van der Waals surface area contributed by atoms with Gasteiger partial charge in [0.2, 0.25) is 11.8 Å². The molecule has 9 heteroatoms. The molecule has 0 aliphatic heterocycles. The van der Waals surface area contributed by atoms with Gasteiger partial charge in [0.25, 0.3) is 0 Å². The summed E-state index contributed by atoms with van der Waals surface area (Å²) >= 11 is 0. The molecule has 1 aliphatic rings. The van der Waals surface area contributed by atoms with E-state index in [2.05, 4.69) is 41.9 Å². The molecular weight excluding hydrogens is 448 g/mol. The van der Waals surface area contributed by atoms with Crippen molar-refractivity contribution in [2.45, 2.75) is 33.6 Å². The lowest BCUT2D eigenvalue weighted by atomic mass is 9.69. The monoisotopic (exact) mass is 488 g/mol. The van der Waals surface area contributed by atoms with Crippen LogP contribution in [0.1, 0.15) is 33.1 Å². The molecule has 1 heterocycles. The third-order valence-corrected chi connectivity index (χ3v) is 7.04. The minimum Gasteiger partial charge on any atom is -0.595 e. The number of hydrogen-bond acceptors (Lipinski definition) is 8. The summed E-state index contributed by atoms with van der Waals surface area (Å²) in [7, 11) is 3.49. The van der Waals surface area contributed by atoms with Gasteiger partial charge in [0.1, 0.15) is 0 Å². The smallest absolute Gasteiger partial charge is 0.247 e. The fraction of sp³-hybridized carbons (Fsp3) is 0.615. The number of hydrogen-bond donors (Lipinski definition) is 2. The first-order valence-electron chi connectivity index (χ1n) is 12.4. The number of rotatable bonds is 13. The zero-order valence-electron chi connectivity index (χ0n) is 21.6. The summed E-state index contributed by atoms with van der Waals surface area (Å²) in [5, 5.41) is 27.7. The molecule has 9 nitrogen and oxygen atoms in total. The molecule has 1 aromatic heterocycles. The number of quaternary nitrogens is 1. The summed E-state index contributed by atoms with van der Waals surface area (Å²) in [4.78, 5) is 2.44. The second-order valence-corrected chi connectivity index (χ2v) is 9.79. The number of benzene rings is 1. The van der Waals surface area contributed by atoms with E-state index in [1.54, 1.807) is 38.5 Å². The zero-order valence-corrected chi connectivity index (χ0v) is 21.6. The van der Waals surface area contributed by atoms with Gasteiger partial charge in [-0.15, -0.1) is 10.2 Å². The highest BCUT2D eigenvalue weighted by atomic mass is 16.8. The Hall–Kier alpha value is -2.14. The van der Waals surface area contributed by atoms with Gasteiger partial charge in [0, 0.05) is 58.0 Å². The summed E-state index contributed by atoms with van der Waals surface area (Å²) in [5.41, 5.74) is 2.32. The van der Waals surface area contributed by atoms with E-state index in [0.29, 0.717) is 55.1 Å². The third-order valence-electron chi connectivity index (χ3n) is 7.04. The molecule has 3 rings (SSSR count). The van der Waals surface area contributed by atoms with Crippen molar-refractivity contribution in [1.82, 2.24) is 15.1 Å². The quantitative estimate of drug-likeness (QED) is 0.327. The third kappa shape index (κ3) is 7.67. The molecular formula is C26H40N4O5. The Bertz CT molecular complexity index is 920. The molecule has 0 amide bonds. The van der Waals surface area contributed by atoms with Crippen LogP contribution in [-0.4, -0.2) is 67.4 Å². The van der Waals surface area contributed by atoms with Crippen LogP contribution in [0.3, 0.4) is 0 Å². The van der Waals surface area contributed by atoms with Crippen LogP contribution >= 0.6 is 0 Å². The molecule has 0 bridgehead atoms. The summed E-state index contributed by atoms with van der Waals surface area (Å²) in [6.07, 6.45) is 4.24. The zero-order chi connectivity index (χ0) is 25.4. The molecule has 0 saturated carbocycles. The Balaban J connectivity index is 1.70. The Morgan fingerprint density at radius 1 is 1.14 bits per heavy atom. The number of ether oxygens (including phenoxy) is 2. The van der Waals surface area contributed by atoms with E-state index >= 15 is 0 Å². The van der Waals surface area contributed by atoms with Crippen molar-refractivity contribution in [2.24, 2.45) is 23.7 Å². The van der Waals surface area contributed by atoms with Crippen molar-refractivity contribution in [1.29, 1.82) is 0 Å². The maximum Gasteiger partial charge on any atom is 0.247 e. The van der Waals surface area contributed by atoms with Crippen LogP contribution in [0.5, 0.6) is 0 Å². The van der Waals surface area contributed by atoms with E-state index in [4.69, 9.17) is 19.1 Å².